The Labute approximate surface area is 140 Å². The van der Waals surface area contributed by atoms with Gasteiger partial charge in [-0.3, -0.25) is 9.59 Å². The minimum absolute atomic E-state index is 0.233. The van der Waals surface area contributed by atoms with Crippen LogP contribution in [0.1, 0.15) is 17.5 Å². The minimum atomic E-state index is -0.681. The van der Waals surface area contributed by atoms with Crippen LogP contribution in [-0.4, -0.2) is 18.4 Å². The third kappa shape index (κ3) is 3.45. The number of nitrogens with one attached hydrogen (secondary N) is 1. The summed E-state index contributed by atoms with van der Waals surface area (Å²) < 4.78 is 13.0. The Morgan fingerprint density at radius 1 is 1.25 bits per heavy atom. The maximum absolute atomic E-state index is 13.0. The van der Waals surface area contributed by atoms with Crippen molar-refractivity contribution in [1.82, 2.24) is 5.32 Å². The van der Waals surface area contributed by atoms with Crippen LogP contribution >= 0.6 is 0 Å². The average Bonchev–Trinajstić information content (AvgIpc) is 2.95. The summed E-state index contributed by atoms with van der Waals surface area (Å²) in [6.07, 6.45) is 0.468. The highest BCUT2D eigenvalue weighted by Crippen LogP contribution is 2.25. The van der Waals surface area contributed by atoms with Crippen molar-refractivity contribution in [3.05, 3.63) is 65.5 Å². The monoisotopic (exact) mass is 326 g/mol. The first-order chi connectivity index (χ1) is 11.5. The molecule has 1 saturated heterocycles. The fourth-order valence-corrected chi connectivity index (χ4v) is 2.94. The molecular formula is C19H19FN2O2. The van der Waals surface area contributed by atoms with Crippen LogP contribution in [0.3, 0.4) is 0 Å². The number of benzene rings is 2. The van der Waals surface area contributed by atoms with E-state index in [0.29, 0.717) is 25.2 Å². The Hall–Kier alpha value is -2.69. The molecule has 2 aromatic rings. The molecule has 1 fully saturated rings. The van der Waals surface area contributed by atoms with E-state index in [1.807, 2.05) is 31.2 Å². The maximum Gasteiger partial charge on any atom is 0.239 e. The molecule has 0 aromatic heterocycles. The maximum atomic E-state index is 13.0. The quantitative estimate of drug-likeness (QED) is 0.879. The highest BCUT2D eigenvalue weighted by Gasteiger charge is 2.37. The lowest BCUT2D eigenvalue weighted by molar-refractivity contribution is -0.132. The molecule has 1 aliphatic heterocycles. The number of anilines is 1. The molecule has 1 N–H and O–H groups in total. The SMILES string of the molecule is Cc1cccc(CNC(=O)[C@H]2CCN(c3ccc(F)cc3)C2=O)c1. The number of hydrogen-bond acceptors (Lipinski definition) is 2. The molecule has 0 spiro atoms. The Morgan fingerprint density at radius 3 is 2.71 bits per heavy atom. The van der Waals surface area contributed by atoms with Gasteiger partial charge in [0.05, 0.1) is 0 Å². The lowest BCUT2D eigenvalue weighted by Crippen LogP contribution is -2.36. The molecule has 0 bridgehead atoms. The summed E-state index contributed by atoms with van der Waals surface area (Å²) in [7, 11) is 0. The topological polar surface area (TPSA) is 49.4 Å². The van der Waals surface area contributed by atoms with Gasteiger partial charge in [-0.25, -0.2) is 4.39 Å². The first-order valence-electron chi connectivity index (χ1n) is 7.95. The van der Waals surface area contributed by atoms with Gasteiger partial charge >= 0.3 is 0 Å². The van der Waals surface area contributed by atoms with E-state index in [0.717, 1.165) is 11.1 Å². The molecule has 0 saturated carbocycles. The fraction of sp³-hybridized carbons (Fsp3) is 0.263. The van der Waals surface area contributed by atoms with Gasteiger partial charge in [0, 0.05) is 18.8 Å². The minimum Gasteiger partial charge on any atom is -0.351 e. The molecule has 0 aliphatic carbocycles. The molecule has 124 valence electrons. The summed E-state index contributed by atoms with van der Waals surface area (Å²) in [5, 5.41) is 2.83. The van der Waals surface area contributed by atoms with Crippen molar-refractivity contribution in [1.29, 1.82) is 0 Å². The molecule has 2 aromatic carbocycles. The van der Waals surface area contributed by atoms with Gasteiger partial charge in [0.25, 0.3) is 0 Å². The molecule has 5 heteroatoms. The summed E-state index contributed by atoms with van der Waals surface area (Å²) in [6, 6.07) is 13.6. The van der Waals surface area contributed by atoms with Crippen molar-refractivity contribution in [3.8, 4) is 0 Å². The van der Waals surface area contributed by atoms with Gasteiger partial charge in [-0.05, 0) is 43.2 Å². The van der Waals surface area contributed by atoms with Crippen LogP contribution in [0.4, 0.5) is 10.1 Å². The van der Waals surface area contributed by atoms with E-state index in [9.17, 15) is 14.0 Å². The molecule has 1 atom stereocenters. The van der Waals surface area contributed by atoms with Crippen LogP contribution in [0, 0.1) is 18.7 Å². The summed E-state index contributed by atoms with van der Waals surface area (Å²) in [5.41, 5.74) is 2.75. The summed E-state index contributed by atoms with van der Waals surface area (Å²) in [5.74, 6) is -1.52. The van der Waals surface area contributed by atoms with Crippen LogP contribution in [0.15, 0.2) is 48.5 Å². The Kier molecular flexibility index (Phi) is 4.60. The van der Waals surface area contributed by atoms with Gasteiger partial charge in [-0.2, -0.15) is 0 Å². The molecule has 3 rings (SSSR count). The summed E-state index contributed by atoms with van der Waals surface area (Å²) >= 11 is 0. The first-order valence-corrected chi connectivity index (χ1v) is 7.95. The van der Waals surface area contributed by atoms with Crippen molar-refractivity contribution in [2.45, 2.75) is 19.9 Å². The third-order valence-electron chi connectivity index (χ3n) is 4.21. The zero-order valence-corrected chi connectivity index (χ0v) is 13.5. The smallest absolute Gasteiger partial charge is 0.239 e. The molecule has 2 amide bonds. The number of nitrogens with zero attached hydrogens (tertiary/aromatic N) is 1. The molecular weight excluding hydrogens is 307 g/mol. The second-order valence-electron chi connectivity index (χ2n) is 6.01. The standard InChI is InChI=1S/C19H19FN2O2/c1-13-3-2-4-14(11-13)12-21-18(23)17-9-10-22(19(17)24)16-7-5-15(20)6-8-16/h2-8,11,17H,9-10,12H2,1H3,(H,21,23)/t17-/m1/s1. The van der Waals surface area contributed by atoms with Crippen molar-refractivity contribution < 1.29 is 14.0 Å². The average molecular weight is 326 g/mol. The van der Waals surface area contributed by atoms with Crippen molar-refractivity contribution >= 4 is 17.5 Å². The fourth-order valence-electron chi connectivity index (χ4n) is 2.94. The van der Waals surface area contributed by atoms with Crippen LogP contribution in [0.5, 0.6) is 0 Å². The second-order valence-corrected chi connectivity index (χ2v) is 6.01. The molecule has 0 radical (unpaired) electrons. The number of hydrogen-bond donors (Lipinski definition) is 1. The second kappa shape index (κ2) is 6.83. The van der Waals surface area contributed by atoms with Crippen molar-refractivity contribution in [2.24, 2.45) is 5.92 Å². The van der Waals surface area contributed by atoms with E-state index < -0.39 is 5.92 Å². The van der Waals surface area contributed by atoms with Crippen molar-refractivity contribution in [3.63, 3.8) is 0 Å². The summed E-state index contributed by atoms with van der Waals surface area (Å²) in [4.78, 5) is 26.3. The van der Waals surface area contributed by atoms with Crippen LogP contribution in [0.2, 0.25) is 0 Å². The molecule has 24 heavy (non-hydrogen) atoms. The molecule has 0 unspecified atom stereocenters. The lowest BCUT2D eigenvalue weighted by atomic mass is 10.1. The first kappa shape index (κ1) is 16.2. The molecule has 1 heterocycles. The van der Waals surface area contributed by atoms with Gasteiger partial charge in [0.1, 0.15) is 11.7 Å². The number of carbonyl (C=O) groups is 2. The number of aryl methyl sites for hydroxylation is 1. The Bertz CT molecular complexity index is 758. The van der Waals surface area contributed by atoms with Gasteiger partial charge in [-0.15, -0.1) is 0 Å². The van der Waals surface area contributed by atoms with E-state index in [1.165, 1.54) is 17.0 Å². The van der Waals surface area contributed by atoms with Crippen LogP contribution in [-0.2, 0) is 16.1 Å². The summed E-state index contributed by atoms with van der Waals surface area (Å²) in [6.45, 7) is 2.86. The zero-order chi connectivity index (χ0) is 17.1. The highest BCUT2D eigenvalue weighted by molar-refractivity contribution is 6.09. The van der Waals surface area contributed by atoms with E-state index >= 15 is 0 Å². The van der Waals surface area contributed by atoms with Crippen LogP contribution < -0.4 is 10.2 Å². The number of carbonyl (C=O) groups excluding carboxylic acids is 2. The number of amides is 2. The third-order valence-corrected chi connectivity index (χ3v) is 4.21. The molecule has 1 aliphatic rings. The van der Waals surface area contributed by atoms with Gasteiger partial charge in [-0.1, -0.05) is 29.8 Å². The number of rotatable bonds is 4. The van der Waals surface area contributed by atoms with Gasteiger partial charge < -0.3 is 10.2 Å². The van der Waals surface area contributed by atoms with E-state index in [4.69, 9.17) is 0 Å². The molecule has 4 nitrogen and oxygen atoms in total. The normalized spacial score (nSPS) is 17.2. The zero-order valence-electron chi connectivity index (χ0n) is 13.5. The number of halogens is 1. The largest absolute Gasteiger partial charge is 0.351 e. The van der Waals surface area contributed by atoms with E-state index in [2.05, 4.69) is 5.32 Å². The van der Waals surface area contributed by atoms with E-state index in [1.54, 1.807) is 12.1 Å². The van der Waals surface area contributed by atoms with E-state index in [-0.39, 0.29) is 17.6 Å². The van der Waals surface area contributed by atoms with Gasteiger partial charge in [0.2, 0.25) is 11.8 Å². The van der Waals surface area contributed by atoms with Gasteiger partial charge in [0.15, 0.2) is 0 Å². The Balaban J connectivity index is 1.62. The highest BCUT2D eigenvalue weighted by atomic mass is 19.1. The predicted molar refractivity (Wildman–Crippen MR) is 89.9 cm³/mol. The predicted octanol–water partition coefficient (Wildman–Crippen LogP) is 2.80. The Morgan fingerprint density at radius 2 is 2.00 bits per heavy atom. The van der Waals surface area contributed by atoms with Crippen molar-refractivity contribution in [2.75, 3.05) is 11.4 Å². The lowest BCUT2D eigenvalue weighted by Gasteiger charge is -2.16. The van der Waals surface area contributed by atoms with Crippen LogP contribution in [0.25, 0.3) is 0 Å².